The number of carboxylic acid groups (broad SMARTS) is 1. The van der Waals surface area contributed by atoms with Gasteiger partial charge in [0.15, 0.2) is 0 Å². The van der Waals surface area contributed by atoms with Crippen LogP contribution in [0.2, 0.25) is 0 Å². The maximum absolute atomic E-state index is 13.2. The Labute approximate surface area is 121 Å². The van der Waals surface area contributed by atoms with Crippen LogP contribution >= 0.6 is 0 Å². The van der Waals surface area contributed by atoms with Crippen LogP contribution in [0.1, 0.15) is 29.8 Å². The normalized spacial score (nSPS) is 11.8. The third kappa shape index (κ3) is 4.35. The van der Waals surface area contributed by atoms with Crippen LogP contribution in [-0.4, -0.2) is 37.4 Å². The maximum Gasteiger partial charge on any atom is 0.418 e. The van der Waals surface area contributed by atoms with E-state index in [1.165, 1.54) is 24.1 Å². The summed E-state index contributed by atoms with van der Waals surface area (Å²) in [4.78, 5) is 12.4. The highest BCUT2D eigenvalue weighted by molar-refractivity contribution is 5.88. The lowest BCUT2D eigenvalue weighted by Crippen LogP contribution is -2.35. The molecule has 7 heteroatoms. The lowest BCUT2D eigenvalue weighted by atomic mass is 10.1. The molecule has 0 atom stereocenters. The predicted molar refractivity (Wildman–Crippen MR) is 72.8 cm³/mol. The summed E-state index contributed by atoms with van der Waals surface area (Å²) in [6, 6.07) is 2.86. The van der Waals surface area contributed by atoms with Gasteiger partial charge in [0.1, 0.15) is 0 Å². The van der Waals surface area contributed by atoms with E-state index in [1.807, 2.05) is 0 Å². The van der Waals surface area contributed by atoms with Crippen molar-refractivity contribution in [1.29, 1.82) is 0 Å². The van der Waals surface area contributed by atoms with Gasteiger partial charge in [-0.25, -0.2) is 4.79 Å². The van der Waals surface area contributed by atoms with E-state index in [1.54, 1.807) is 13.8 Å². The van der Waals surface area contributed by atoms with Crippen molar-refractivity contribution in [3.8, 4) is 0 Å². The Morgan fingerprint density at radius 3 is 2.43 bits per heavy atom. The average molecular weight is 305 g/mol. The number of aromatic carboxylic acids is 1. The topological polar surface area (TPSA) is 49.8 Å². The Kier molecular flexibility index (Phi) is 5.60. The Bertz CT molecular complexity index is 501. The number of nitrogens with zero attached hydrogens (tertiary/aromatic N) is 1. The SMILES string of the molecule is COCCN(c1ccc(C(=O)O)cc1C(F)(F)F)C(C)C. The first-order valence-corrected chi connectivity index (χ1v) is 6.38. The largest absolute Gasteiger partial charge is 0.478 e. The Hall–Kier alpha value is -1.76. The lowest BCUT2D eigenvalue weighted by molar-refractivity contribution is -0.137. The second-order valence-corrected chi connectivity index (χ2v) is 4.81. The van der Waals surface area contributed by atoms with Crippen LogP contribution < -0.4 is 4.90 Å². The van der Waals surface area contributed by atoms with Crippen molar-refractivity contribution in [1.82, 2.24) is 0 Å². The Balaban J connectivity index is 3.35. The highest BCUT2D eigenvalue weighted by Gasteiger charge is 2.36. The number of anilines is 1. The molecule has 1 aromatic rings. The molecule has 1 rings (SSSR count). The minimum Gasteiger partial charge on any atom is -0.478 e. The number of methoxy groups -OCH3 is 1. The summed E-state index contributed by atoms with van der Waals surface area (Å²) in [5.41, 5.74) is -1.38. The van der Waals surface area contributed by atoms with Gasteiger partial charge in [0, 0.05) is 25.4 Å². The molecule has 1 aromatic carbocycles. The molecule has 0 aliphatic heterocycles. The molecule has 0 radical (unpaired) electrons. The van der Waals surface area contributed by atoms with Gasteiger partial charge >= 0.3 is 12.1 Å². The van der Waals surface area contributed by atoms with Gasteiger partial charge in [-0.1, -0.05) is 0 Å². The fourth-order valence-corrected chi connectivity index (χ4v) is 1.99. The van der Waals surface area contributed by atoms with Crippen LogP contribution in [0.15, 0.2) is 18.2 Å². The zero-order valence-corrected chi connectivity index (χ0v) is 12.1. The van der Waals surface area contributed by atoms with Crippen molar-refractivity contribution < 1.29 is 27.8 Å². The molecule has 0 amide bonds. The van der Waals surface area contributed by atoms with E-state index in [0.29, 0.717) is 6.07 Å². The van der Waals surface area contributed by atoms with Crippen molar-refractivity contribution in [3.63, 3.8) is 0 Å². The molecular weight excluding hydrogens is 287 g/mol. The quantitative estimate of drug-likeness (QED) is 0.876. The number of rotatable bonds is 6. The van der Waals surface area contributed by atoms with E-state index in [2.05, 4.69) is 0 Å². The van der Waals surface area contributed by atoms with Crippen LogP contribution in [-0.2, 0) is 10.9 Å². The van der Waals surface area contributed by atoms with Crippen LogP contribution in [0.3, 0.4) is 0 Å². The number of hydrogen-bond donors (Lipinski definition) is 1. The first kappa shape index (κ1) is 17.3. The molecule has 118 valence electrons. The molecule has 0 aliphatic rings. The molecule has 0 heterocycles. The monoisotopic (exact) mass is 305 g/mol. The van der Waals surface area contributed by atoms with E-state index in [4.69, 9.17) is 9.84 Å². The summed E-state index contributed by atoms with van der Waals surface area (Å²) in [6.45, 7) is 4.08. The van der Waals surface area contributed by atoms with E-state index < -0.39 is 17.7 Å². The van der Waals surface area contributed by atoms with Crippen molar-refractivity contribution >= 4 is 11.7 Å². The first-order valence-electron chi connectivity index (χ1n) is 6.38. The molecule has 0 fully saturated rings. The zero-order chi connectivity index (χ0) is 16.2. The summed E-state index contributed by atoms with van der Waals surface area (Å²) < 4.78 is 44.5. The highest BCUT2D eigenvalue weighted by atomic mass is 19.4. The van der Waals surface area contributed by atoms with E-state index in [-0.39, 0.29) is 30.4 Å². The Morgan fingerprint density at radius 1 is 1.38 bits per heavy atom. The molecular formula is C14H18F3NO3. The highest BCUT2D eigenvalue weighted by Crippen LogP contribution is 2.37. The number of halogens is 3. The van der Waals surface area contributed by atoms with Crippen molar-refractivity contribution in [2.75, 3.05) is 25.2 Å². The van der Waals surface area contributed by atoms with Gasteiger partial charge in [0.25, 0.3) is 0 Å². The molecule has 0 saturated heterocycles. The van der Waals surface area contributed by atoms with Crippen molar-refractivity contribution in [2.45, 2.75) is 26.1 Å². The fourth-order valence-electron chi connectivity index (χ4n) is 1.99. The van der Waals surface area contributed by atoms with E-state index in [0.717, 1.165) is 0 Å². The average Bonchev–Trinajstić information content (AvgIpc) is 2.37. The molecule has 1 N–H and O–H groups in total. The molecule has 0 aliphatic carbocycles. The second kappa shape index (κ2) is 6.80. The third-order valence-electron chi connectivity index (χ3n) is 3.02. The number of hydrogen-bond acceptors (Lipinski definition) is 3. The fraction of sp³-hybridized carbons (Fsp3) is 0.500. The van der Waals surface area contributed by atoms with Gasteiger partial charge in [0.05, 0.1) is 17.7 Å². The summed E-state index contributed by atoms with van der Waals surface area (Å²) in [5, 5.41) is 8.85. The first-order chi connectivity index (χ1) is 9.68. The summed E-state index contributed by atoms with van der Waals surface area (Å²) in [5.74, 6) is -1.39. The lowest BCUT2D eigenvalue weighted by Gasteiger charge is -2.31. The van der Waals surface area contributed by atoms with Crippen molar-refractivity contribution in [3.05, 3.63) is 29.3 Å². The summed E-state index contributed by atoms with van der Waals surface area (Å²) >= 11 is 0. The maximum atomic E-state index is 13.2. The third-order valence-corrected chi connectivity index (χ3v) is 3.02. The standard InChI is InChI=1S/C14H18F3NO3/c1-9(2)18(6-7-21-3)12-5-4-10(13(19)20)8-11(12)14(15,16)17/h4-5,8-9H,6-7H2,1-3H3,(H,19,20). The van der Waals surface area contributed by atoms with Gasteiger partial charge in [0.2, 0.25) is 0 Å². The number of benzene rings is 1. The predicted octanol–water partition coefficient (Wildman–Crippen LogP) is 3.26. The molecule has 0 saturated carbocycles. The second-order valence-electron chi connectivity index (χ2n) is 4.81. The smallest absolute Gasteiger partial charge is 0.418 e. The van der Waals surface area contributed by atoms with Gasteiger partial charge in [-0.3, -0.25) is 0 Å². The number of ether oxygens (including phenoxy) is 1. The minimum absolute atomic E-state index is 0.0421. The van der Waals surface area contributed by atoms with Crippen LogP contribution in [0, 0.1) is 0 Å². The van der Waals surface area contributed by atoms with Crippen molar-refractivity contribution in [2.24, 2.45) is 0 Å². The van der Waals surface area contributed by atoms with Crippen LogP contribution in [0.25, 0.3) is 0 Å². The Morgan fingerprint density at radius 2 is 2.00 bits per heavy atom. The molecule has 0 bridgehead atoms. The molecule has 0 spiro atoms. The van der Waals surface area contributed by atoms with Crippen LogP contribution in [0.4, 0.5) is 18.9 Å². The summed E-state index contributed by atoms with van der Waals surface area (Å²) in [7, 11) is 1.47. The van der Waals surface area contributed by atoms with Gasteiger partial charge < -0.3 is 14.7 Å². The van der Waals surface area contributed by atoms with E-state index >= 15 is 0 Å². The number of alkyl halides is 3. The van der Waals surface area contributed by atoms with Gasteiger partial charge in [-0.15, -0.1) is 0 Å². The summed E-state index contributed by atoms with van der Waals surface area (Å²) in [6.07, 6.45) is -4.62. The molecule has 0 unspecified atom stereocenters. The van der Waals surface area contributed by atoms with Gasteiger partial charge in [-0.2, -0.15) is 13.2 Å². The molecule has 0 aromatic heterocycles. The zero-order valence-electron chi connectivity index (χ0n) is 12.1. The van der Waals surface area contributed by atoms with E-state index in [9.17, 15) is 18.0 Å². The minimum atomic E-state index is -4.62. The molecule has 21 heavy (non-hydrogen) atoms. The van der Waals surface area contributed by atoms with Gasteiger partial charge in [-0.05, 0) is 32.0 Å². The molecule has 4 nitrogen and oxygen atoms in total. The number of carbonyl (C=O) groups is 1. The number of carboxylic acids is 1. The van der Waals surface area contributed by atoms with Crippen LogP contribution in [0.5, 0.6) is 0 Å².